The highest BCUT2D eigenvalue weighted by molar-refractivity contribution is 7.08. The molecule has 2 aromatic rings. The van der Waals surface area contributed by atoms with Gasteiger partial charge in [-0.15, -0.1) is 10.2 Å². The van der Waals surface area contributed by atoms with E-state index in [1.165, 1.54) is 0 Å². The molecule has 1 N–H and O–H groups in total. The number of amides is 1. The molecule has 0 radical (unpaired) electrons. The monoisotopic (exact) mass is 378 g/mol. The molecule has 7 nitrogen and oxygen atoms in total. The van der Waals surface area contributed by atoms with Crippen LogP contribution in [0, 0.1) is 5.92 Å². The van der Waals surface area contributed by atoms with Crippen LogP contribution >= 0.6 is 11.3 Å². The second-order valence-corrected chi connectivity index (χ2v) is 7.56. The van der Waals surface area contributed by atoms with Crippen molar-refractivity contribution in [2.75, 3.05) is 32.8 Å². The van der Waals surface area contributed by atoms with Crippen LogP contribution < -0.4 is 5.32 Å². The highest BCUT2D eigenvalue weighted by Gasteiger charge is 2.24. The second kappa shape index (κ2) is 9.25. The zero-order valence-electron chi connectivity index (χ0n) is 15.3. The quantitative estimate of drug-likeness (QED) is 0.759. The van der Waals surface area contributed by atoms with Crippen LogP contribution in [0.15, 0.2) is 21.2 Å². The first-order chi connectivity index (χ1) is 12.6. The summed E-state index contributed by atoms with van der Waals surface area (Å²) in [5, 5.41) is 15.0. The number of nitrogens with zero attached hydrogens (tertiary/aromatic N) is 3. The van der Waals surface area contributed by atoms with E-state index in [2.05, 4.69) is 34.3 Å². The summed E-state index contributed by atoms with van der Waals surface area (Å²) >= 11 is 1.58. The minimum Gasteiger partial charge on any atom is -0.421 e. The van der Waals surface area contributed by atoms with Gasteiger partial charge in [-0.05, 0) is 17.4 Å². The Labute approximate surface area is 157 Å². The zero-order valence-corrected chi connectivity index (χ0v) is 16.1. The molecule has 1 aliphatic rings. The molecule has 1 aliphatic heterocycles. The average molecular weight is 378 g/mol. The molecule has 3 rings (SSSR count). The number of aryl methyl sites for hydroxylation is 1. The maximum Gasteiger partial charge on any atom is 0.248 e. The Bertz CT molecular complexity index is 680. The lowest BCUT2D eigenvalue weighted by atomic mass is 10.0. The lowest BCUT2D eigenvalue weighted by Crippen LogP contribution is -2.51. The van der Waals surface area contributed by atoms with Crippen LogP contribution in [0.3, 0.4) is 0 Å². The fourth-order valence-corrected chi connectivity index (χ4v) is 3.71. The molecule has 1 amide bonds. The van der Waals surface area contributed by atoms with Gasteiger partial charge in [0, 0.05) is 49.5 Å². The number of nitrogens with one attached hydrogen (secondary N) is 1. The fourth-order valence-electron chi connectivity index (χ4n) is 3.08. The first-order valence-electron chi connectivity index (χ1n) is 9.07. The maximum atomic E-state index is 12.2. The van der Waals surface area contributed by atoms with Gasteiger partial charge in [-0.2, -0.15) is 11.3 Å². The van der Waals surface area contributed by atoms with Crippen LogP contribution in [0.1, 0.15) is 26.2 Å². The molecule has 142 valence electrons. The van der Waals surface area contributed by atoms with Gasteiger partial charge in [0.2, 0.25) is 17.7 Å². The Morgan fingerprint density at radius 1 is 1.35 bits per heavy atom. The third kappa shape index (κ3) is 5.12. The molecule has 8 heteroatoms. The smallest absolute Gasteiger partial charge is 0.248 e. The Morgan fingerprint density at radius 3 is 2.85 bits per heavy atom. The van der Waals surface area contributed by atoms with Crippen molar-refractivity contribution >= 4 is 17.2 Å². The van der Waals surface area contributed by atoms with Crippen LogP contribution in [0.25, 0.3) is 11.5 Å². The van der Waals surface area contributed by atoms with Gasteiger partial charge in [-0.1, -0.05) is 13.8 Å². The van der Waals surface area contributed by atoms with E-state index in [-0.39, 0.29) is 5.91 Å². The third-order valence-corrected chi connectivity index (χ3v) is 5.28. The molecular formula is C18H26N4O3S. The molecule has 26 heavy (non-hydrogen) atoms. The molecule has 0 spiro atoms. The highest BCUT2D eigenvalue weighted by atomic mass is 32.1. The van der Waals surface area contributed by atoms with Gasteiger partial charge >= 0.3 is 0 Å². The summed E-state index contributed by atoms with van der Waals surface area (Å²) < 4.78 is 11.0. The molecule has 0 aromatic carbocycles. The van der Waals surface area contributed by atoms with Gasteiger partial charge in [0.25, 0.3) is 0 Å². The molecule has 1 saturated heterocycles. The van der Waals surface area contributed by atoms with Gasteiger partial charge in [-0.25, -0.2) is 0 Å². The molecular weight excluding hydrogens is 352 g/mol. The fraction of sp³-hybridized carbons (Fsp3) is 0.611. The molecule has 0 aliphatic carbocycles. The number of hydrogen-bond donors (Lipinski definition) is 1. The summed E-state index contributed by atoms with van der Waals surface area (Å²) in [4.78, 5) is 14.6. The normalized spacial score (nSPS) is 16.7. The second-order valence-electron chi connectivity index (χ2n) is 6.78. The molecule has 0 saturated carbocycles. The van der Waals surface area contributed by atoms with E-state index < -0.39 is 0 Å². The number of carbonyl (C=O) groups is 1. The topological polar surface area (TPSA) is 80.5 Å². The van der Waals surface area contributed by atoms with Gasteiger partial charge < -0.3 is 14.5 Å². The van der Waals surface area contributed by atoms with Crippen molar-refractivity contribution < 1.29 is 13.9 Å². The predicted octanol–water partition coefficient (Wildman–Crippen LogP) is 2.20. The number of aromatic nitrogens is 2. The van der Waals surface area contributed by atoms with E-state index in [4.69, 9.17) is 9.15 Å². The van der Waals surface area contributed by atoms with Crippen LogP contribution in [-0.4, -0.2) is 59.9 Å². The van der Waals surface area contributed by atoms with E-state index in [1.807, 2.05) is 16.8 Å². The lowest BCUT2D eigenvalue weighted by Gasteiger charge is -2.36. The van der Waals surface area contributed by atoms with Crippen LogP contribution in [0.5, 0.6) is 0 Å². The number of thiophene rings is 1. The van der Waals surface area contributed by atoms with E-state index in [1.54, 1.807) is 11.3 Å². The molecule has 1 atom stereocenters. The predicted molar refractivity (Wildman–Crippen MR) is 100.0 cm³/mol. The summed E-state index contributed by atoms with van der Waals surface area (Å²) in [5.41, 5.74) is 0.920. The Hall–Kier alpha value is -1.77. The largest absolute Gasteiger partial charge is 0.421 e. The van der Waals surface area contributed by atoms with E-state index in [0.717, 1.165) is 31.9 Å². The van der Waals surface area contributed by atoms with Crippen molar-refractivity contribution in [3.8, 4) is 11.5 Å². The summed E-state index contributed by atoms with van der Waals surface area (Å²) in [6.45, 7) is 8.41. The minimum atomic E-state index is 0.0131. The van der Waals surface area contributed by atoms with Crippen LogP contribution in [0.4, 0.5) is 0 Å². The Balaban J connectivity index is 1.44. The first kappa shape index (κ1) is 19.0. The molecule has 3 heterocycles. The van der Waals surface area contributed by atoms with Crippen molar-refractivity contribution in [2.45, 2.75) is 32.7 Å². The lowest BCUT2D eigenvalue weighted by molar-refractivity contribution is -0.121. The van der Waals surface area contributed by atoms with Crippen LogP contribution in [0.2, 0.25) is 0 Å². The molecule has 0 bridgehead atoms. The summed E-state index contributed by atoms with van der Waals surface area (Å²) in [6, 6.07) is 2.27. The van der Waals surface area contributed by atoms with E-state index in [9.17, 15) is 4.79 Å². The molecule has 2 aromatic heterocycles. The number of rotatable bonds is 8. The number of carbonyl (C=O) groups excluding carboxylic acids is 1. The first-order valence-corrected chi connectivity index (χ1v) is 10.0. The van der Waals surface area contributed by atoms with Crippen LogP contribution in [-0.2, 0) is 16.0 Å². The van der Waals surface area contributed by atoms with Crippen molar-refractivity contribution in [1.82, 2.24) is 20.4 Å². The van der Waals surface area contributed by atoms with Crippen molar-refractivity contribution in [3.05, 3.63) is 22.7 Å². The maximum absolute atomic E-state index is 12.2. The third-order valence-electron chi connectivity index (χ3n) is 4.59. The zero-order chi connectivity index (χ0) is 18.4. The summed E-state index contributed by atoms with van der Waals surface area (Å²) in [6.07, 6.45) is 0.798. The van der Waals surface area contributed by atoms with Gasteiger partial charge in [0.15, 0.2) is 0 Å². The highest BCUT2D eigenvalue weighted by Crippen LogP contribution is 2.20. The number of morpholine rings is 1. The number of hydrogen-bond acceptors (Lipinski definition) is 7. The molecule has 1 unspecified atom stereocenters. The van der Waals surface area contributed by atoms with Crippen molar-refractivity contribution in [2.24, 2.45) is 5.92 Å². The molecule has 1 fully saturated rings. The minimum absolute atomic E-state index is 0.0131. The SMILES string of the molecule is CC(C)C(CNC(=O)CCc1nnc(-c2ccsc2)o1)N1CCOCC1. The summed E-state index contributed by atoms with van der Waals surface area (Å²) in [7, 11) is 0. The van der Waals surface area contributed by atoms with Gasteiger partial charge in [-0.3, -0.25) is 9.69 Å². The standard InChI is InChI=1S/C18H26N4O3S/c1-13(2)15(22-6-8-24-9-7-22)11-19-16(23)3-4-17-20-21-18(25-17)14-5-10-26-12-14/h5,10,12-13,15H,3-4,6-9,11H2,1-2H3,(H,19,23). The van der Waals surface area contributed by atoms with Gasteiger partial charge in [0.1, 0.15) is 0 Å². The van der Waals surface area contributed by atoms with Crippen molar-refractivity contribution in [3.63, 3.8) is 0 Å². The number of ether oxygens (including phenoxy) is 1. The Morgan fingerprint density at radius 2 is 2.15 bits per heavy atom. The van der Waals surface area contributed by atoms with E-state index in [0.29, 0.717) is 43.1 Å². The average Bonchev–Trinajstić information content (AvgIpc) is 3.32. The van der Waals surface area contributed by atoms with E-state index >= 15 is 0 Å². The Kier molecular flexibility index (Phi) is 6.76. The van der Waals surface area contributed by atoms with Crippen molar-refractivity contribution in [1.29, 1.82) is 0 Å². The summed E-state index contributed by atoms with van der Waals surface area (Å²) in [5.74, 6) is 1.49. The van der Waals surface area contributed by atoms with Gasteiger partial charge in [0.05, 0.1) is 13.2 Å².